The Hall–Kier alpha value is -3.48. The second-order valence-corrected chi connectivity index (χ2v) is 7.92. The number of anilines is 1. The van der Waals surface area contributed by atoms with E-state index >= 15 is 0 Å². The second-order valence-electron chi connectivity index (χ2n) is 6.03. The summed E-state index contributed by atoms with van der Waals surface area (Å²) in [5, 5.41) is 25.7. The second kappa shape index (κ2) is 7.50. The van der Waals surface area contributed by atoms with E-state index in [1.807, 2.05) is 18.2 Å². The maximum Gasteiger partial charge on any atom is 0.271 e. The van der Waals surface area contributed by atoms with Crippen LogP contribution in [0.4, 0.5) is 5.82 Å². The molecule has 4 aromatic rings. The fraction of sp³-hybridized carbons (Fsp3) is 0. The summed E-state index contributed by atoms with van der Waals surface area (Å²) in [7, 11) is 0. The maximum atomic E-state index is 12.3. The number of nitrogens with one attached hydrogen (secondary N) is 1. The van der Waals surface area contributed by atoms with Gasteiger partial charge in [-0.05, 0) is 24.3 Å². The van der Waals surface area contributed by atoms with Crippen LogP contribution in [0.3, 0.4) is 0 Å². The van der Waals surface area contributed by atoms with Crippen LogP contribution in [0.2, 0.25) is 0 Å². The molecular weight excluding hydrogens is 454 g/mol. The van der Waals surface area contributed by atoms with Gasteiger partial charge in [-0.1, -0.05) is 51.5 Å². The number of halogens is 1. The van der Waals surface area contributed by atoms with Crippen molar-refractivity contribution in [1.29, 1.82) is 5.26 Å². The Balaban J connectivity index is 1.87. The Labute approximate surface area is 176 Å². The summed E-state index contributed by atoms with van der Waals surface area (Å²) in [6, 6.07) is 16.0. The minimum Gasteiger partial charge on any atom is -0.506 e. The van der Waals surface area contributed by atoms with E-state index < -0.39 is 5.91 Å². The van der Waals surface area contributed by atoms with Crippen molar-refractivity contribution in [1.82, 2.24) is 10.4 Å². The molecule has 4 N–H and O–H groups in total. The number of carbonyl (C=O) groups excluding carboxylic acids is 1. The molecule has 1 heterocycles. The van der Waals surface area contributed by atoms with E-state index in [1.165, 1.54) is 11.3 Å². The van der Waals surface area contributed by atoms with Gasteiger partial charge in [-0.25, -0.2) is 10.4 Å². The summed E-state index contributed by atoms with van der Waals surface area (Å²) in [6.45, 7) is 0. The van der Waals surface area contributed by atoms with Gasteiger partial charge in [0, 0.05) is 20.8 Å². The van der Waals surface area contributed by atoms with Crippen molar-refractivity contribution in [2.45, 2.75) is 0 Å². The van der Waals surface area contributed by atoms with Crippen LogP contribution < -0.4 is 16.0 Å². The molecule has 0 bridgehead atoms. The number of benzene rings is 3. The quantitative estimate of drug-likeness (QED) is 0.308. The van der Waals surface area contributed by atoms with Gasteiger partial charge in [0.25, 0.3) is 5.91 Å². The van der Waals surface area contributed by atoms with E-state index in [4.69, 9.17) is 5.73 Å². The molecule has 0 spiro atoms. The summed E-state index contributed by atoms with van der Waals surface area (Å²) < 4.78 is 1.51. The highest BCUT2D eigenvalue weighted by molar-refractivity contribution is 9.10. The Kier molecular flexibility index (Phi) is 4.88. The number of phenolic OH excluding ortho intramolecular Hbond substituents is 1. The molecule has 7 nitrogen and oxygen atoms in total. The zero-order valence-electron chi connectivity index (χ0n) is 14.7. The average molecular weight is 466 g/mol. The van der Waals surface area contributed by atoms with E-state index in [0.717, 1.165) is 4.47 Å². The molecular formula is C20H12BrN5O2S. The zero-order valence-corrected chi connectivity index (χ0v) is 17.1. The van der Waals surface area contributed by atoms with Gasteiger partial charge in [-0.3, -0.25) is 4.79 Å². The van der Waals surface area contributed by atoms with Crippen molar-refractivity contribution in [2.24, 2.45) is 5.10 Å². The number of hydrogen-bond donors (Lipinski definition) is 3. The smallest absolute Gasteiger partial charge is 0.271 e. The first-order valence-electron chi connectivity index (χ1n) is 8.33. The third-order valence-electron chi connectivity index (χ3n) is 4.28. The SMILES string of the molecule is N#Cc1c(O)c2ccccc2c2s/c(=N/NC(=O)c3ccc(Br)cc3)nc(N)c12. The van der Waals surface area contributed by atoms with Gasteiger partial charge in [-0.15, -0.1) is 5.10 Å². The van der Waals surface area contributed by atoms with Gasteiger partial charge in [0.15, 0.2) is 0 Å². The molecule has 0 aliphatic rings. The number of phenols is 1. The summed E-state index contributed by atoms with van der Waals surface area (Å²) in [5.41, 5.74) is 9.05. The number of aromatic hydroxyl groups is 1. The van der Waals surface area contributed by atoms with E-state index in [-0.39, 0.29) is 21.9 Å². The lowest BCUT2D eigenvalue weighted by molar-refractivity contribution is 0.0953. The zero-order chi connectivity index (χ0) is 20.5. The summed E-state index contributed by atoms with van der Waals surface area (Å²) in [6.07, 6.45) is 0. The van der Waals surface area contributed by atoms with Crippen LogP contribution in [0.15, 0.2) is 58.1 Å². The molecule has 142 valence electrons. The lowest BCUT2D eigenvalue weighted by Crippen LogP contribution is -2.22. The van der Waals surface area contributed by atoms with Crippen molar-refractivity contribution in [3.8, 4) is 11.8 Å². The van der Waals surface area contributed by atoms with E-state index in [1.54, 1.807) is 36.4 Å². The number of nitriles is 1. The Morgan fingerprint density at radius 1 is 1.21 bits per heavy atom. The number of hydrogen-bond acceptors (Lipinski definition) is 7. The van der Waals surface area contributed by atoms with Crippen LogP contribution in [-0.2, 0) is 0 Å². The van der Waals surface area contributed by atoms with Gasteiger partial charge in [0.1, 0.15) is 23.2 Å². The van der Waals surface area contributed by atoms with E-state index in [0.29, 0.717) is 26.4 Å². The van der Waals surface area contributed by atoms with Crippen molar-refractivity contribution < 1.29 is 9.90 Å². The monoisotopic (exact) mass is 465 g/mol. The minimum absolute atomic E-state index is 0.0491. The fourth-order valence-corrected chi connectivity index (χ4v) is 4.21. The molecule has 29 heavy (non-hydrogen) atoms. The number of nitrogen functional groups attached to an aromatic ring is 1. The van der Waals surface area contributed by atoms with Crippen molar-refractivity contribution in [3.63, 3.8) is 0 Å². The molecule has 0 atom stereocenters. The predicted molar refractivity (Wildman–Crippen MR) is 115 cm³/mol. The highest BCUT2D eigenvalue weighted by Gasteiger charge is 2.17. The molecule has 9 heteroatoms. The van der Waals surface area contributed by atoms with Crippen molar-refractivity contribution in [3.05, 3.63) is 68.9 Å². The number of fused-ring (bicyclic) bond motifs is 3. The predicted octanol–water partition coefficient (Wildman–Crippen LogP) is 3.62. The topological polar surface area (TPSA) is 124 Å². The number of amides is 1. The first-order chi connectivity index (χ1) is 14.0. The fourth-order valence-electron chi connectivity index (χ4n) is 2.93. The highest BCUT2D eigenvalue weighted by Crippen LogP contribution is 2.39. The van der Waals surface area contributed by atoms with Gasteiger partial charge in [-0.2, -0.15) is 5.26 Å². The summed E-state index contributed by atoms with van der Waals surface area (Å²) in [4.78, 5) is 16.7. The highest BCUT2D eigenvalue weighted by atomic mass is 79.9. The molecule has 0 aliphatic heterocycles. The largest absolute Gasteiger partial charge is 0.506 e. The lowest BCUT2D eigenvalue weighted by Gasteiger charge is -2.09. The van der Waals surface area contributed by atoms with Crippen LogP contribution >= 0.6 is 27.3 Å². The third kappa shape index (κ3) is 3.40. The standard InChI is InChI=1S/C20H12BrN5O2S/c21-11-7-5-10(6-8-11)19(28)25-26-20-24-18(23)15-14(9-22)16(27)12-3-1-2-4-13(12)17(15)29-20/h1-8,27H,(H,25,28)(H2,23,24,26). The molecule has 0 radical (unpaired) electrons. The van der Waals surface area contributed by atoms with Crippen LogP contribution in [-0.4, -0.2) is 16.0 Å². The van der Waals surface area contributed by atoms with E-state index in [9.17, 15) is 15.2 Å². The number of nitrogens with two attached hydrogens (primary N) is 1. The molecule has 3 aromatic carbocycles. The maximum absolute atomic E-state index is 12.3. The number of nitrogens with zero attached hydrogens (tertiary/aromatic N) is 3. The average Bonchev–Trinajstić information content (AvgIpc) is 2.73. The van der Waals surface area contributed by atoms with Crippen LogP contribution in [0.25, 0.3) is 20.9 Å². The molecule has 0 aliphatic carbocycles. The van der Waals surface area contributed by atoms with Gasteiger partial charge in [0.05, 0.1) is 10.1 Å². The molecule has 0 unspecified atom stereocenters. The van der Waals surface area contributed by atoms with E-state index in [2.05, 4.69) is 31.4 Å². The van der Waals surface area contributed by atoms with Gasteiger partial charge < -0.3 is 10.8 Å². The molecule has 0 saturated heterocycles. The molecule has 0 saturated carbocycles. The number of rotatable bonds is 2. The Bertz CT molecular complexity index is 1390. The third-order valence-corrected chi connectivity index (χ3v) is 5.80. The molecule has 1 aromatic heterocycles. The first kappa shape index (κ1) is 18.9. The van der Waals surface area contributed by atoms with Gasteiger partial charge >= 0.3 is 0 Å². The Morgan fingerprint density at radius 2 is 1.90 bits per heavy atom. The van der Waals surface area contributed by atoms with Crippen molar-refractivity contribution in [2.75, 3.05) is 5.73 Å². The number of aromatic nitrogens is 1. The van der Waals surface area contributed by atoms with Crippen LogP contribution in [0, 0.1) is 11.3 Å². The lowest BCUT2D eigenvalue weighted by atomic mass is 10.0. The van der Waals surface area contributed by atoms with Crippen molar-refractivity contribution >= 4 is 59.9 Å². The van der Waals surface area contributed by atoms with Crippen LogP contribution in [0.5, 0.6) is 5.75 Å². The molecule has 4 rings (SSSR count). The summed E-state index contributed by atoms with van der Waals surface area (Å²) in [5.74, 6) is -0.476. The Morgan fingerprint density at radius 3 is 2.59 bits per heavy atom. The molecule has 0 fully saturated rings. The van der Waals surface area contributed by atoms with Crippen LogP contribution in [0.1, 0.15) is 15.9 Å². The van der Waals surface area contributed by atoms with Gasteiger partial charge in [0.2, 0.25) is 4.80 Å². The summed E-state index contributed by atoms with van der Waals surface area (Å²) >= 11 is 4.49. The minimum atomic E-state index is -0.390. The normalized spacial score (nSPS) is 11.5. The first-order valence-corrected chi connectivity index (χ1v) is 9.94. The number of carbonyl (C=O) groups is 1. The molecule has 1 amide bonds.